The van der Waals surface area contributed by atoms with Crippen LogP contribution in [0.1, 0.15) is 16.8 Å². The Morgan fingerprint density at radius 3 is 2.75 bits per heavy atom. The molecule has 10 heteroatoms. The van der Waals surface area contributed by atoms with E-state index in [9.17, 15) is 9.18 Å². The highest BCUT2D eigenvalue weighted by molar-refractivity contribution is 5.84. The van der Waals surface area contributed by atoms with Gasteiger partial charge >= 0.3 is 0 Å². The number of pyridine rings is 1. The van der Waals surface area contributed by atoms with Crippen LogP contribution in [0.25, 0.3) is 11.0 Å². The third-order valence-corrected chi connectivity index (χ3v) is 6.40. The summed E-state index contributed by atoms with van der Waals surface area (Å²) in [6.45, 7) is 5.37. The van der Waals surface area contributed by atoms with Crippen molar-refractivity contribution < 1.29 is 13.9 Å². The monoisotopic (exact) mass is 489 g/mol. The summed E-state index contributed by atoms with van der Waals surface area (Å²) in [5.41, 5.74) is 9.39. The number of aryl methyl sites for hydroxylation is 1. The van der Waals surface area contributed by atoms with E-state index in [1.807, 2.05) is 25.1 Å². The van der Waals surface area contributed by atoms with Gasteiger partial charge in [-0.2, -0.15) is 0 Å². The molecule has 0 bridgehead atoms. The van der Waals surface area contributed by atoms with Gasteiger partial charge in [0, 0.05) is 45.1 Å². The molecule has 1 amide bonds. The van der Waals surface area contributed by atoms with E-state index < -0.39 is 11.9 Å². The number of H-pyrrole nitrogens is 1. The number of nitrogens with zero attached hydrogens (tertiary/aromatic N) is 5. The number of hydrogen-bond donors (Lipinski definition) is 2. The number of carbonyl (C=O) groups is 1. The van der Waals surface area contributed by atoms with Crippen molar-refractivity contribution in [2.24, 2.45) is 5.73 Å². The van der Waals surface area contributed by atoms with Crippen molar-refractivity contribution in [3.05, 3.63) is 77.8 Å². The van der Waals surface area contributed by atoms with Crippen LogP contribution in [-0.2, 0) is 17.8 Å². The van der Waals surface area contributed by atoms with Crippen molar-refractivity contribution in [2.45, 2.75) is 25.9 Å². The summed E-state index contributed by atoms with van der Waals surface area (Å²) in [5.74, 6) is -0.350. The van der Waals surface area contributed by atoms with Gasteiger partial charge in [-0.25, -0.2) is 14.4 Å². The minimum atomic E-state index is -0.748. The summed E-state index contributed by atoms with van der Waals surface area (Å²) in [6.07, 6.45) is 5.18. The predicted molar refractivity (Wildman–Crippen MR) is 133 cm³/mol. The number of benzene rings is 1. The Kier molecular flexibility index (Phi) is 6.88. The number of fused-ring (bicyclic) bond motifs is 1. The second-order valence-electron chi connectivity index (χ2n) is 8.97. The lowest BCUT2D eigenvalue weighted by Gasteiger charge is -2.35. The molecular formula is C26H28FN7O2. The lowest BCUT2D eigenvalue weighted by Crippen LogP contribution is -2.53. The van der Waals surface area contributed by atoms with E-state index in [-0.39, 0.29) is 24.0 Å². The molecule has 5 rings (SSSR count). The van der Waals surface area contributed by atoms with Crippen LogP contribution in [0, 0.1) is 12.7 Å². The van der Waals surface area contributed by atoms with Gasteiger partial charge in [0.25, 0.3) is 0 Å². The average molecular weight is 490 g/mol. The summed E-state index contributed by atoms with van der Waals surface area (Å²) < 4.78 is 20.6. The summed E-state index contributed by atoms with van der Waals surface area (Å²) in [7, 11) is 0. The maximum absolute atomic E-state index is 14.9. The number of piperazine rings is 1. The summed E-state index contributed by atoms with van der Waals surface area (Å²) in [5, 5.41) is 0.703. The summed E-state index contributed by atoms with van der Waals surface area (Å²) >= 11 is 0. The van der Waals surface area contributed by atoms with Gasteiger partial charge in [0.15, 0.2) is 11.6 Å². The van der Waals surface area contributed by atoms with Crippen molar-refractivity contribution in [1.29, 1.82) is 0 Å². The first-order valence-corrected chi connectivity index (χ1v) is 11.9. The van der Waals surface area contributed by atoms with Crippen molar-refractivity contribution in [1.82, 2.24) is 29.7 Å². The van der Waals surface area contributed by atoms with Crippen molar-refractivity contribution in [3.8, 4) is 11.6 Å². The normalized spacial score (nSPS) is 15.2. The molecule has 0 radical (unpaired) electrons. The SMILES string of the molecule is Cc1c[nH]c2ncnc(Oc3ccc(C[C@H](N)C(=O)N4CCN(Cc5ccccn5)CC4)cc3F)c12. The molecule has 1 aliphatic rings. The van der Waals surface area contributed by atoms with Gasteiger partial charge in [0.05, 0.1) is 17.1 Å². The number of aromatic nitrogens is 4. The standard InChI is InChI=1S/C26H28FN7O2/c1-17-14-30-24-23(17)25(32-16-31-24)36-22-6-5-18(12-20(22)27)13-21(28)26(35)34-10-8-33(9-11-34)15-19-4-2-3-7-29-19/h2-7,12,14,16,21H,8-11,13,15,28H2,1H3,(H,30,31,32)/t21-/m0/s1. The highest BCUT2D eigenvalue weighted by Crippen LogP contribution is 2.30. The molecule has 1 aliphatic heterocycles. The molecule has 0 spiro atoms. The Bertz CT molecular complexity index is 1350. The van der Waals surface area contributed by atoms with Crippen LogP contribution in [0.2, 0.25) is 0 Å². The van der Waals surface area contributed by atoms with Crippen LogP contribution < -0.4 is 10.5 Å². The minimum absolute atomic E-state index is 0.0447. The van der Waals surface area contributed by atoms with Gasteiger partial charge in [-0.3, -0.25) is 14.7 Å². The molecule has 0 aliphatic carbocycles. The molecule has 3 N–H and O–H groups in total. The molecule has 1 saturated heterocycles. The van der Waals surface area contributed by atoms with Gasteiger partial charge < -0.3 is 20.4 Å². The Balaban J connectivity index is 1.17. The topological polar surface area (TPSA) is 113 Å². The number of nitrogens with two attached hydrogens (primary N) is 1. The molecule has 186 valence electrons. The minimum Gasteiger partial charge on any atom is -0.435 e. The highest BCUT2D eigenvalue weighted by Gasteiger charge is 2.26. The largest absolute Gasteiger partial charge is 0.435 e. The second-order valence-corrected chi connectivity index (χ2v) is 8.97. The first-order chi connectivity index (χ1) is 17.5. The zero-order chi connectivity index (χ0) is 25.1. The fourth-order valence-corrected chi connectivity index (χ4v) is 4.44. The molecule has 0 saturated carbocycles. The molecule has 36 heavy (non-hydrogen) atoms. The molecule has 1 fully saturated rings. The van der Waals surface area contributed by atoms with Crippen molar-refractivity contribution >= 4 is 16.9 Å². The Labute approximate surface area is 208 Å². The second kappa shape index (κ2) is 10.4. The first-order valence-electron chi connectivity index (χ1n) is 11.9. The van der Waals surface area contributed by atoms with E-state index in [2.05, 4.69) is 24.8 Å². The molecule has 4 aromatic rings. The third-order valence-electron chi connectivity index (χ3n) is 6.40. The number of halogens is 1. The summed E-state index contributed by atoms with van der Waals surface area (Å²) in [4.78, 5) is 32.7. The van der Waals surface area contributed by atoms with Crippen LogP contribution in [-0.4, -0.2) is 67.9 Å². The number of amides is 1. The van der Waals surface area contributed by atoms with E-state index in [0.29, 0.717) is 29.7 Å². The fraction of sp³-hybridized carbons (Fsp3) is 0.308. The molecule has 1 atom stereocenters. The molecule has 9 nitrogen and oxygen atoms in total. The maximum atomic E-state index is 14.9. The molecule has 4 heterocycles. The molecular weight excluding hydrogens is 461 g/mol. The Morgan fingerprint density at radius 2 is 2.00 bits per heavy atom. The van der Waals surface area contributed by atoms with E-state index in [1.54, 1.807) is 23.4 Å². The van der Waals surface area contributed by atoms with E-state index >= 15 is 0 Å². The van der Waals surface area contributed by atoms with Crippen molar-refractivity contribution in [3.63, 3.8) is 0 Å². The van der Waals surface area contributed by atoms with Crippen molar-refractivity contribution in [2.75, 3.05) is 26.2 Å². The number of hydrogen-bond acceptors (Lipinski definition) is 7. The van der Waals surface area contributed by atoms with Crippen LogP contribution in [0.15, 0.2) is 55.1 Å². The van der Waals surface area contributed by atoms with Crippen LogP contribution in [0.5, 0.6) is 11.6 Å². The molecule has 3 aromatic heterocycles. The Hall–Kier alpha value is -3.89. The van der Waals surface area contributed by atoms with Gasteiger partial charge in [-0.05, 0) is 48.7 Å². The quantitative estimate of drug-likeness (QED) is 0.410. The van der Waals surface area contributed by atoms with Gasteiger partial charge in [-0.1, -0.05) is 12.1 Å². The Morgan fingerprint density at radius 1 is 1.17 bits per heavy atom. The van der Waals surface area contributed by atoms with E-state index in [1.165, 1.54) is 18.5 Å². The highest BCUT2D eigenvalue weighted by atomic mass is 19.1. The number of nitrogens with one attached hydrogen (secondary N) is 1. The fourth-order valence-electron chi connectivity index (χ4n) is 4.44. The van der Waals surface area contributed by atoms with Crippen LogP contribution in [0.3, 0.4) is 0 Å². The zero-order valence-electron chi connectivity index (χ0n) is 20.0. The van der Waals surface area contributed by atoms with Gasteiger partial charge in [0.1, 0.15) is 12.0 Å². The lowest BCUT2D eigenvalue weighted by atomic mass is 10.0. The van der Waals surface area contributed by atoms with Gasteiger partial charge in [0.2, 0.25) is 11.8 Å². The van der Waals surface area contributed by atoms with Crippen LogP contribution >= 0.6 is 0 Å². The van der Waals surface area contributed by atoms with E-state index in [0.717, 1.165) is 30.9 Å². The molecule has 1 aromatic carbocycles. The molecule has 0 unspecified atom stereocenters. The number of carbonyl (C=O) groups excluding carboxylic acids is 1. The van der Waals surface area contributed by atoms with E-state index in [4.69, 9.17) is 10.5 Å². The first kappa shape index (κ1) is 23.8. The predicted octanol–water partition coefficient (Wildman–Crippen LogP) is 2.81. The van der Waals surface area contributed by atoms with Gasteiger partial charge in [-0.15, -0.1) is 0 Å². The third kappa shape index (κ3) is 5.19. The number of ether oxygens (including phenoxy) is 1. The summed E-state index contributed by atoms with van der Waals surface area (Å²) in [6, 6.07) is 9.73. The average Bonchev–Trinajstić information content (AvgIpc) is 3.28. The number of aromatic amines is 1. The lowest BCUT2D eigenvalue weighted by molar-refractivity contribution is -0.134. The smallest absolute Gasteiger partial charge is 0.239 e. The maximum Gasteiger partial charge on any atom is 0.239 e. The zero-order valence-corrected chi connectivity index (χ0v) is 20.0. The number of rotatable bonds is 7. The van der Waals surface area contributed by atoms with Crippen LogP contribution in [0.4, 0.5) is 4.39 Å².